The second-order valence-electron chi connectivity index (χ2n) is 6.40. The second-order valence-corrected chi connectivity index (χ2v) is 6.84. The van der Waals surface area contributed by atoms with Crippen LogP contribution in [0.25, 0.3) is 0 Å². The largest absolute Gasteiger partial charge is 0.486 e. The van der Waals surface area contributed by atoms with Crippen molar-refractivity contribution in [3.63, 3.8) is 0 Å². The van der Waals surface area contributed by atoms with E-state index < -0.39 is 0 Å². The topological polar surface area (TPSA) is 34.1 Å². The molecule has 0 spiro atoms. The number of halogens is 1. The Balaban J connectivity index is 1.91. The van der Waals surface area contributed by atoms with Gasteiger partial charge in [-0.2, -0.15) is 0 Å². The molecule has 3 nitrogen and oxygen atoms in total. The summed E-state index contributed by atoms with van der Waals surface area (Å²) in [6, 6.07) is 1.84. The van der Waals surface area contributed by atoms with Crippen LogP contribution in [0, 0.1) is 0 Å². The Hall–Kier alpha value is -0.800. The van der Waals surface area contributed by atoms with E-state index >= 15 is 0 Å². The Morgan fingerprint density at radius 1 is 1.37 bits per heavy atom. The van der Waals surface area contributed by atoms with Crippen LogP contribution in [-0.2, 0) is 0 Å². The predicted molar refractivity (Wildman–Crippen MR) is 78.8 cm³/mol. The first-order chi connectivity index (χ1) is 8.89. The SMILES string of the molecule is CC(C)(C)NCCC1(Oc2cncc(Cl)c2)CCC1. The smallest absolute Gasteiger partial charge is 0.139 e. The quantitative estimate of drug-likeness (QED) is 0.892. The molecule has 1 heterocycles. The normalized spacial score (nSPS) is 17.9. The first kappa shape index (κ1) is 14.6. The van der Waals surface area contributed by atoms with Crippen molar-refractivity contribution in [3.05, 3.63) is 23.5 Å². The van der Waals surface area contributed by atoms with Crippen molar-refractivity contribution >= 4 is 11.6 Å². The van der Waals surface area contributed by atoms with E-state index in [9.17, 15) is 0 Å². The highest BCUT2D eigenvalue weighted by atomic mass is 35.5. The number of hydrogen-bond acceptors (Lipinski definition) is 3. The molecule has 0 atom stereocenters. The fraction of sp³-hybridized carbons (Fsp3) is 0.667. The van der Waals surface area contributed by atoms with E-state index in [0.717, 1.165) is 31.6 Å². The van der Waals surface area contributed by atoms with Crippen molar-refractivity contribution in [2.45, 2.75) is 57.6 Å². The Morgan fingerprint density at radius 3 is 2.63 bits per heavy atom. The lowest BCUT2D eigenvalue weighted by molar-refractivity contribution is -0.0155. The van der Waals surface area contributed by atoms with Gasteiger partial charge in [-0.3, -0.25) is 4.98 Å². The van der Waals surface area contributed by atoms with Gasteiger partial charge in [0, 0.05) is 17.8 Å². The van der Waals surface area contributed by atoms with Crippen LogP contribution in [-0.4, -0.2) is 22.7 Å². The second kappa shape index (κ2) is 5.68. The third-order valence-corrected chi connectivity index (χ3v) is 3.72. The molecular formula is C15H23ClN2O. The molecule has 0 bridgehead atoms. The predicted octanol–water partition coefficient (Wildman–Crippen LogP) is 3.81. The van der Waals surface area contributed by atoms with Crippen molar-refractivity contribution in [2.24, 2.45) is 0 Å². The Labute approximate surface area is 120 Å². The highest BCUT2D eigenvalue weighted by Crippen LogP contribution is 2.39. The van der Waals surface area contributed by atoms with E-state index in [4.69, 9.17) is 16.3 Å². The number of hydrogen-bond donors (Lipinski definition) is 1. The molecule has 1 N–H and O–H groups in total. The third kappa shape index (κ3) is 4.36. The highest BCUT2D eigenvalue weighted by molar-refractivity contribution is 6.30. The first-order valence-electron chi connectivity index (χ1n) is 6.93. The summed E-state index contributed by atoms with van der Waals surface area (Å²) in [5, 5.41) is 4.15. The average molecular weight is 283 g/mol. The summed E-state index contributed by atoms with van der Waals surface area (Å²) in [6.07, 6.45) is 7.86. The summed E-state index contributed by atoms with van der Waals surface area (Å²) in [5.41, 5.74) is 0.132. The molecule has 1 fully saturated rings. The molecule has 1 aliphatic rings. The fourth-order valence-corrected chi connectivity index (χ4v) is 2.50. The van der Waals surface area contributed by atoms with E-state index in [1.165, 1.54) is 6.42 Å². The Bertz CT molecular complexity index is 424. The molecule has 0 unspecified atom stereocenters. The summed E-state index contributed by atoms with van der Waals surface area (Å²) in [5.74, 6) is 0.781. The fourth-order valence-electron chi connectivity index (χ4n) is 2.34. The van der Waals surface area contributed by atoms with Crippen LogP contribution in [0.3, 0.4) is 0 Å². The number of ether oxygens (including phenoxy) is 1. The summed E-state index contributed by atoms with van der Waals surface area (Å²) < 4.78 is 6.15. The molecule has 106 valence electrons. The van der Waals surface area contributed by atoms with Gasteiger partial charge in [0.05, 0.1) is 11.2 Å². The number of rotatable bonds is 5. The minimum atomic E-state index is -0.0232. The van der Waals surface area contributed by atoms with E-state index in [-0.39, 0.29) is 11.1 Å². The molecule has 1 aromatic rings. The summed E-state index contributed by atoms with van der Waals surface area (Å²) >= 11 is 5.94. The van der Waals surface area contributed by atoms with Gasteiger partial charge < -0.3 is 10.1 Å². The van der Waals surface area contributed by atoms with Crippen LogP contribution >= 0.6 is 11.6 Å². The Kier molecular flexibility index (Phi) is 4.36. The lowest BCUT2D eigenvalue weighted by Gasteiger charge is -2.42. The van der Waals surface area contributed by atoms with Crippen LogP contribution < -0.4 is 10.1 Å². The van der Waals surface area contributed by atoms with Gasteiger partial charge >= 0.3 is 0 Å². The van der Waals surface area contributed by atoms with Crippen LogP contribution in [0.5, 0.6) is 5.75 Å². The van der Waals surface area contributed by atoms with Gasteiger partial charge in [-0.15, -0.1) is 0 Å². The maximum atomic E-state index is 6.15. The van der Waals surface area contributed by atoms with E-state index in [2.05, 4.69) is 31.1 Å². The number of aromatic nitrogens is 1. The van der Waals surface area contributed by atoms with Gasteiger partial charge in [0.15, 0.2) is 0 Å². The lowest BCUT2D eigenvalue weighted by atomic mass is 9.77. The van der Waals surface area contributed by atoms with Gasteiger partial charge in [-0.05, 0) is 53.0 Å². The van der Waals surface area contributed by atoms with Gasteiger partial charge in [0.2, 0.25) is 0 Å². The van der Waals surface area contributed by atoms with Crippen molar-refractivity contribution in [3.8, 4) is 5.75 Å². The maximum absolute atomic E-state index is 6.15. The third-order valence-electron chi connectivity index (χ3n) is 3.51. The van der Waals surface area contributed by atoms with Crippen molar-refractivity contribution in [1.82, 2.24) is 10.3 Å². The van der Waals surface area contributed by atoms with Crippen LogP contribution in [0.4, 0.5) is 0 Å². The summed E-state index contributed by atoms with van der Waals surface area (Å²) in [4.78, 5) is 4.07. The van der Waals surface area contributed by atoms with Crippen LogP contribution in [0.2, 0.25) is 5.02 Å². The monoisotopic (exact) mass is 282 g/mol. The number of pyridine rings is 1. The summed E-state index contributed by atoms with van der Waals surface area (Å²) in [6.45, 7) is 7.52. The zero-order chi connectivity index (χ0) is 13.9. The molecule has 1 aromatic heterocycles. The highest BCUT2D eigenvalue weighted by Gasteiger charge is 2.39. The van der Waals surface area contributed by atoms with Gasteiger partial charge in [-0.1, -0.05) is 11.6 Å². The lowest BCUT2D eigenvalue weighted by Crippen LogP contribution is -2.47. The van der Waals surface area contributed by atoms with E-state index in [1.54, 1.807) is 12.4 Å². The summed E-state index contributed by atoms with van der Waals surface area (Å²) in [7, 11) is 0. The molecule has 4 heteroatoms. The standard InChI is InChI=1S/C15H23ClN2O/c1-14(2,3)18-8-7-15(5-4-6-15)19-13-9-12(16)10-17-11-13/h9-11,18H,4-8H2,1-3H3. The first-order valence-corrected chi connectivity index (χ1v) is 7.31. The Morgan fingerprint density at radius 2 is 2.11 bits per heavy atom. The minimum Gasteiger partial charge on any atom is -0.486 e. The number of nitrogens with one attached hydrogen (secondary N) is 1. The molecule has 1 aliphatic carbocycles. The van der Waals surface area contributed by atoms with E-state index in [1.807, 2.05) is 6.07 Å². The molecule has 0 saturated heterocycles. The maximum Gasteiger partial charge on any atom is 0.139 e. The van der Waals surface area contributed by atoms with Gasteiger partial charge in [0.1, 0.15) is 11.4 Å². The van der Waals surface area contributed by atoms with E-state index in [0.29, 0.717) is 5.02 Å². The van der Waals surface area contributed by atoms with Crippen molar-refractivity contribution in [1.29, 1.82) is 0 Å². The molecule has 0 amide bonds. The van der Waals surface area contributed by atoms with Crippen LogP contribution in [0.15, 0.2) is 18.5 Å². The van der Waals surface area contributed by atoms with Gasteiger partial charge in [-0.25, -0.2) is 0 Å². The molecule has 19 heavy (non-hydrogen) atoms. The van der Waals surface area contributed by atoms with Gasteiger partial charge in [0.25, 0.3) is 0 Å². The average Bonchev–Trinajstić information content (AvgIpc) is 2.24. The van der Waals surface area contributed by atoms with Crippen molar-refractivity contribution in [2.75, 3.05) is 6.54 Å². The number of nitrogens with zero attached hydrogens (tertiary/aromatic N) is 1. The molecule has 0 radical (unpaired) electrons. The van der Waals surface area contributed by atoms with Crippen LogP contribution in [0.1, 0.15) is 46.5 Å². The molecule has 0 aliphatic heterocycles. The molecule has 0 aromatic carbocycles. The molecular weight excluding hydrogens is 260 g/mol. The minimum absolute atomic E-state index is 0.0232. The molecule has 1 saturated carbocycles. The molecule has 2 rings (SSSR count). The zero-order valence-electron chi connectivity index (χ0n) is 12.0. The van der Waals surface area contributed by atoms with Crippen molar-refractivity contribution < 1.29 is 4.74 Å². The zero-order valence-corrected chi connectivity index (χ0v) is 12.8.